The van der Waals surface area contributed by atoms with E-state index in [1.54, 1.807) is 6.92 Å². The minimum atomic E-state index is -0.596. The monoisotopic (exact) mass is 461 g/mol. The van der Waals surface area contributed by atoms with Gasteiger partial charge < -0.3 is 14.8 Å². The molecular weight excluding hydrogens is 434 g/mol. The lowest BCUT2D eigenvalue weighted by molar-refractivity contribution is 0.0505. The van der Waals surface area contributed by atoms with Gasteiger partial charge in [0.05, 0.1) is 18.7 Å². The van der Waals surface area contributed by atoms with Crippen LogP contribution in [0.25, 0.3) is 32.0 Å². The Bertz CT molecular complexity index is 1330. The van der Waals surface area contributed by atoms with Crippen molar-refractivity contribution >= 4 is 44.3 Å². The standard InChI is InChI=1S/C27H27NO4S/c1-5-31-25(29)24-21-15-18(20-12-8-10-17-9-6-7-11-19(17)20)13-14-22(21)33-23(24)16-28-26(30)32-27(2,3)4/h6-15H,5,16H2,1-4H3,(H,28,30). The van der Waals surface area contributed by atoms with Crippen molar-refractivity contribution in [3.63, 3.8) is 0 Å². The molecule has 0 aliphatic heterocycles. The number of hydrogen-bond acceptors (Lipinski definition) is 5. The Hall–Kier alpha value is -3.38. The molecular formula is C27H27NO4S. The molecule has 170 valence electrons. The minimum Gasteiger partial charge on any atom is -0.462 e. The predicted molar refractivity (Wildman–Crippen MR) is 134 cm³/mol. The topological polar surface area (TPSA) is 64.6 Å². The first kappa shape index (κ1) is 22.8. The largest absolute Gasteiger partial charge is 0.462 e. The SMILES string of the molecule is CCOC(=O)c1c(CNC(=O)OC(C)(C)C)sc2ccc(-c3cccc4ccccc34)cc12. The summed E-state index contributed by atoms with van der Waals surface area (Å²) in [4.78, 5) is 25.8. The normalized spacial score (nSPS) is 11.5. The molecule has 0 atom stereocenters. The van der Waals surface area contributed by atoms with E-state index in [1.165, 1.54) is 11.3 Å². The Kier molecular flexibility index (Phi) is 6.38. The number of esters is 1. The number of amides is 1. The van der Waals surface area contributed by atoms with Crippen LogP contribution in [0.5, 0.6) is 0 Å². The van der Waals surface area contributed by atoms with Crippen molar-refractivity contribution in [1.82, 2.24) is 5.32 Å². The second-order valence-corrected chi connectivity index (χ2v) is 9.85. The quantitative estimate of drug-likeness (QED) is 0.328. The number of hydrogen-bond donors (Lipinski definition) is 1. The van der Waals surface area contributed by atoms with Crippen molar-refractivity contribution in [2.24, 2.45) is 0 Å². The van der Waals surface area contributed by atoms with Crippen LogP contribution in [-0.2, 0) is 16.0 Å². The molecule has 0 saturated heterocycles. The molecule has 0 bridgehead atoms. The molecule has 5 nitrogen and oxygen atoms in total. The molecule has 0 aliphatic carbocycles. The van der Waals surface area contributed by atoms with Gasteiger partial charge in [-0.1, -0.05) is 48.5 Å². The molecule has 3 aromatic carbocycles. The lowest BCUT2D eigenvalue weighted by Crippen LogP contribution is -2.32. The van der Waals surface area contributed by atoms with Crippen LogP contribution in [0.4, 0.5) is 4.79 Å². The van der Waals surface area contributed by atoms with E-state index in [0.29, 0.717) is 5.56 Å². The fraction of sp³-hybridized carbons (Fsp3) is 0.259. The van der Waals surface area contributed by atoms with Crippen molar-refractivity contribution in [1.29, 1.82) is 0 Å². The lowest BCUT2D eigenvalue weighted by atomic mass is 9.97. The van der Waals surface area contributed by atoms with Gasteiger partial charge in [0.2, 0.25) is 0 Å². The average molecular weight is 462 g/mol. The van der Waals surface area contributed by atoms with Gasteiger partial charge in [-0.05, 0) is 61.7 Å². The fourth-order valence-corrected chi connectivity index (χ4v) is 4.92. The van der Waals surface area contributed by atoms with E-state index in [-0.39, 0.29) is 19.1 Å². The maximum absolute atomic E-state index is 12.9. The molecule has 0 fully saturated rings. The van der Waals surface area contributed by atoms with Gasteiger partial charge in [-0.3, -0.25) is 0 Å². The molecule has 6 heteroatoms. The molecule has 1 aromatic heterocycles. The molecule has 1 N–H and O–H groups in total. The number of ether oxygens (including phenoxy) is 2. The molecule has 1 heterocycles. The first-order valence-corrected chi connectivity index (χ1v) is 11.8. The van der Waals surface area contributed by atoms with Gasteiger partial charge in [0.25, 0.3) is 0 Å². The zero-order valence-corrected chi connectivity index (χ0v) is 20.0. The average Bonchev–Trinajstić information content (AvgIpc) is 3.14. The van der Waals surface area contributed by atoms with E-state index < -0.39 is 11.7 Å². The second kappa shape index (κ2) is 9.24. The van der Waals surface area contributed by atoms with E-state index in [2.05, 4.69) is 35.6 Å². The van der Waals surface area contributed by atoms with E-state index in [9.17, 15) is 9.59 Å². The Morgan fingerprint density at radius 2 is 1.73 bits per heavy atom. The van der Waals surface area contributed by atoms with Gasteiger partial charge >= 0.3 is 12.1 Å². The Labute approximate surface area is 197 Å². The van der Waals surface area contributed by atoms with Crippen molar-refractivity contribution in [2.75, 3.05) is 6.61 Å². The van der Waals surface area contributed by atoms with Gasteiger partial charge in [-0.15, -0.1) is 11.3 Å². The van der Waals surface area contributed by atoms with Gasteiger partial charge in [0.15, 0.2) is 0 Å². The van der Waals surface area contributed by atoms with E-state index in [0.717, 1.165) is 36.9 Å². The molecule has 0 unspecified atom stereocenters. The van der Waals surface area contributed by atoms with Crippen LogP contribution in [0.15, 0.2) is 60.7 Å². The number of alkyl carbamates (subject to hydrolysis) is 1. The summed E-state index contributed by atoms with van der Waals surface area (Å²) >= 11 is 1.47. The number of thiophene rings is 1. The van der Waals surface area contributed by atoms with Crippen LogP contribution in [0.1, 0.15) is 42.9 Å². The summed E-state index contributed by atoms with van der Waals surface area (Å²) in [6.07, 6.45) is -0.522. The smallest absolute Gasteiger partial charge is 0.407 e. The van der Waals surface area contributed by atoms with Gasteiger partial charge in [0.1, 0.15) is 5.60 Å². The first-order valence-electron chi connectivity index (χ1n) is 10.9. The number of benzene rings is 3. The summed E-state index contributed by atoms with van der Waals surface area (Å²) in [7, 11) is 0. The summed E-state index contributed by atoms with van der Waals surface area (Å²) in [5, 5.41) is 5.90. The van der Waals surface area contributed by atoms with E-state index in [4.69, 9.17) is 9.47 Å². The fourth-order valence-electron chi connectivity index (χ4n) is 3.81. The van der Waals surface area contributed by atoms with Crippen LogP contribution in [0.2, 0.25) is 0 Å². The predicted octanol–water partition coefficient (Wildman–Crippen LogP) is 6.92. The maximum Gasteiger partial charge on any atom is 0.407 e. The van der Waals surface area contributed by atoms with E-state index in [1.807, 2.05) is 51.1 Å². The van der Waals surface area contributed by atoms with Crippen LogP contribution in [0, 0.1) is 0 Å². The lowest BCUT2D eigenvalue weighted by Gasteiger charge is -2.19. The summed E-state index contributed by atoms with van der Waals surface area (Å²) < 4.78 is 11.7. The van der Waals surface area contributed by atoms with Crippen LogP contribution in [-0.4, -0.2) is 24.3 Å². The highest BCUT2D eigenvalue weighted by Gasteiger charge is 2.22. The molecule has 33 heavy (non-hydrogen) atoms. The molecule has 0 aliphatic rings. The van der Waals surface area contributed by atoms with Crippen molar-refractivity contribution in [3.05, 3.63) is 71.1 Å². The number of carbonyl (C=O) groups is 2. The van der Waals surface area contributed by atoms with E-state index >= 15 is 0 Å². The maximum atomic E-state index is 12.9. The number of nitrogens with one attached hydrogen (secondary N) is 1. The highest BCUT2D eigenvalue weighted by atomic mass is 32.1. The highest BCUT2D eigenvalue weighted by molar-refractivity contribution is 7.19. The van der Waals surface area contributed by atoms with Crippen molar-refractivity contribution < 1.29 is 19.1 Å². The Morgan fingerprint density at radius 1 is 0.970 bits per heavy atom. The second-order valence-electron chi connectivity index (χ2n) is 8.71. The van der Waals surface area contributed by atoms with Crippen LogP contribution >= 0.6 is 11.3 Å². The molecule has 1 amide bonds. The number of fused-ring (bicyclic) bond motifs is 2. The Morgan fingerprint density at radius 3 is 2.48 bits per heavy atom. The van der Waals surface area contributed by atoms with Crippen molar-refractivity contribution in [2.45, 2.75) is 39.8 Å². The van der Waals surface area contributed by atoms with Crippen LogP contribution < -0.4 is 5.32 Å². The highest BCUT2D eigenvalue weighted by Crippen LogP contribution is 2.37. The summed E-state index contributed by atoms with van der Waals surface area (Å²) in [6.45, 7) is 7.68. The third-order valence-corrected chi connectivity index (χ3v) is 6.30. The molecule has 0 radical (unpaired) electrons. The Balaban J connectivity index is 1.76. The zero-order chi connectivity index (χ0) is 23.6. The van der Waals surface area contributed by atoms with Gasteiger partial charge in [-0.2, -0.15) is 0 Å². The third kappa shape index (κ3) is 5.01. The number of rotatable bonds is 5. The summed E-state index contributed by atoms with van der Waals surface area (Å²) in [5.74, 6) is -0.389. The van der Waals surface area contributed by atoms with Gasteiger partial charge in [-0.25, -0.2) is 9.59 Å². The third-order valence-electron chi connectivity index (χ3n) is 5.13. The summed E-state index contributed by atoms with van der Waals surface area (Å²) in [6, 6.07) is 20.6. The van der Waals surface area contributed by atoms with Crippen molar-refractivity contribution in [3.8, 4) is 11.1 Å². The molecule has 0 spiro atoms. The minimum absolute atomic E-state index is 0.187. The van der Waals surface area contributed by atoms with Crippen LogP contribution in [0.3, 0.4) is 0 Å². The molecule has 0 saturated carbocycles. The molecule has 4 rings (SSSR count). The summed E-state index contributed by atoms with van der Waals surface area (Å²) in [5.41, 5.74) is 2.02. The first-order chi connectivity index (χ1) is 15.8. The molecule has 4 aromatic rings. The zero-order valence-electron chi connectivity index (χ0n) is 19.2. The van der Waals surface area contributed by atoms with Gasteiger partial charge in [0, 0.05) is 15.0 Å². The number of carbonyl (C=O) groups excluding carboxylic acids is 2.